The predicted molar refractivity (Wildman–Crippen MR) is 112 cm³/mol. The summed E-state index contributed by atoms with van der Waals surface area (Å²) in [7, 11) is 0. The Morgan fingerprint density at radius 2 is 1.72 bits per heavy atom. The third-order valence-electron chi connectivity index (χ3n) is 5.13. The minimum atomic E-state index is 0.00293. The molecule has 2 heterocycles. The first-order valence-electron chi connectivity index (χ1n) is 9.94. The number of hydrogen-bond donors (Lipinski definition) is 1. The molecule has 6 heteroatoms. The molecule has 3 aromatic rings. The number of amides is 2. The van der Waals surface area contributed by atoms with Gasteiger partial charge in [0.1, 0.15) is 0 Å². The van der Waals surface area contributed by atoms with Crippen molar-refractivity contribution in [3.63, 3.8) is 0 Å². The second-order valence-electron chi connectivity index (χ2n) is 7.21. The molecular weight excluding hydrogens is 364 g/mol. The van der Waals surface area contributed by atoms with E-state index < -0.39 is 0 Å². The number of nitrogens with one attached hydrogen (secondary N) is 1. The topological polar surface area (TPSA) is 67.2 Å². The van der Waals surface area contributed by atoms with Gasteiger partial charge in [-0.2, -0.15) is 5.10 Å². The fourth-order valence-electron chi connectivity index (χ4n) is 3.55. The Hall–Kier alpha value is -3.41. The molecule has 6 nitrogen and oxygen atoms in total. The number of rotatable bonds is 7. The van der Waals surface area contributed by atoms with Crippen LogP contribution in [0.25, 0.3) is 5.69 Å². The highest BCUT2D eigenvalue weighted by atomic mass is 16.2. The zero-order chi connectivity index (χ0) is 20.1. The molecule has 0 unspecified atom stereocenters. The van der Waals surface area contributed by atoms with Crippen LogP contribution in [0.3, 0.4) is 0 Å². The van der Waals surface area contributed by atoms with Crippen molar-refractivity contribution < 1.29 is 9.59 Å². The largest absolute Gasteiger partial charge is 0.355 e. The fourth-order valence-corrected chi connectivity index (χ4v) is 3.55. The van der Waals surface area contributed by atoms with E-state index in [9.17, 15) is 9.59 Å². The van der Waals surface area contributed by atoms with Crippen LogP contribution < -0.4 is 10.2 Å². The van der Waals surface area contributed by atoms with Gasteiger partial charge in [-0.1, -0.05) is 24.3 Å². The summed E-state index contributed by atoms with van der Waals surface area (Å²) in [6, 6.07) is 17.8. The number of hydrogen-bond acceptors (Lipinski definition) is 3. The first kappa shape index (κ1) is 18.9. The van der Waals surface area contributed by atoms with E-state index in [1.54, 1.807) is 6.20 Å². The summed E-state index contributed by atoms with van der Waals surface area (Å²) in [6.07, 6.45) is 6.31. The average Bonchev–Trinajstić information content (AvgIpc) is 3.41. The van der Waals surface area contributed by atoms with E-state index in [1.165, 1.54) is 5.56 Å². The van der Waals surface area contributed by atoms with Crippen LogP contribution in [-0.2, 0) is 22.4 Å². The summed E-state index contributed by atoms with van der Waals surface area (Å²) < 4.78 is 1.82. The Balaban J connectivity index is 1.23. The van der Waals surface area contributed by atoms with Crippen LogP contribution in [0.1, 0.15) is 24.0 Å². The number of aromatic nitrogens is 2. The molecule has 0 aliphatic carbocycles. The summed E-state index contributed by atoms with van der Waals surface area (Å²) in [4.78, 5) is 25.8. The van der Waals surface area contributed by atoms with E-state index in [-0.39, 0.29) is 11.8 Å². The molecule has 2 aromatic carbocycles. The van der Waals surface area contributed by atoms with Gasteiger partial charge in [-0.05, 0) is 54.3 Å². The number of carbonyl (C=O) groups is 2. The molecule has 1 aromatic heterocycles. The smallest absolute Gasteiger partial charge is 0.227 e. The number of nitrogens with zero attached hydrogens (tertiary/aromatic N) is 3. The SMILES string of the molecule is O=C(Cc1ccc(N2CCCC2=O)cc1)NCCc1ccc(-n2cccn2)cc1. The zero-order valence-corrected chi connectivity index (χ0v) is 16.3. The van der Waals surface area contributed by atoms with Crippen molar-refractivity contribution in [1.82, 2.24) is 15.1 Å². The summed E-state index contributed by atoms with van der Waals surface area (Å²) >= 11 is 0. The minimum absolute atomic E-state index is 0.00293. The molecule has 2 amide bonds. The molecule has 0 atom stereocenters. The van der Waals surface area contributed by atoms with Crippen molar-refractivity contribution >= 4 is 17.5 Å². The minimum Gasteiger partial charge on any atom is -0.355 e. The Labute approximate surface area is 170 Å². The van der Waals surface area contributed by atoms with Crippen molar-refractivity contribution in [1.29, 1.82) is 0 Å². The Kier molecular flexibility index (Phi) is 5.70. The van der Waals surface area contributed by atoms with Gasteiger partial charge in [-0.15, -0.1) is 0 Å². The monoisotopic (exact) mass is 388 g/mol. The molecule has 1 fully saturated rings. The van der Waals surface area contributed by atoms with Crippen molar-refractivity contribution in [2.75, 3.05) is 18.0 Å². The van der Waals surface area contributed by atoms with E-state index in [0.29, 0.717) is 19.4 Å². The molecule has 1 aliphatic rings. The second-order valence-corrected chi connectivity index (χ2v) is 7.21. The van der Waals surface area contributed by atoms with Gasteiger partial charge in [0.15, 0.2) is 0 Å². The van der Waals surface area contributed by atoms with Crippen LogP contribution in [0.5, 0.6) is 0 Å². The highest BCUT2D eigenvalue weighted by Gasteiger charge is 2.21. The lowest BCUT2D eigenvalue weighted by Gasteiger charge is -2.15. The van der Waals surface area contributed by atoms with Crippen LogP contribution in [0, 0.1) is 0 Å². The Bertz CT molecular complexity index is 963. The van der Waals surface area contributed by atoms with Crippen LogP contribution in [0.2, 0.25) is 0 Å². The summed E-state index contributed by atoms with van der Waals surface area (Å²) in [6.45, 7) is 1.38. The van der Waals surface area contributed by atoms with E-state index in [2.05, 4.69) is 22.5 Å². The van der Waals surface area contributed by atoms with E-state index in [4.69, 9.17) is 0 Å². The van der Waals surface area contributed by atoms with Crippen molar-refractivity contribution in [3.8, 4) is 5.69 Å². The summed E-state index contributed by atoms with van der Waals surface area (Å²) in [5.41, 5.74) is 4.04. The van der Waals surface area contributed by atoms with Gasteiger partial charge in [0.25, 0.3) is 0 Å². The number of benzene rings is 2. The van der Waals surface area contributed by atoms with Gasteiger partial charge in [0.05, 0.1) is 12.1 Å². The van der Waals surface area contributed by atoms with Crippen molar-refractivity contribution in [3.05, 3.63) is 78.1 Å². The van der Waals surface area contributed by atoms with Crippen LogP contribution in [0.4, 0.5) is 5.69 Å². The maximum atomic E-state index is 12.2. The molecule has 4 rings (SSSR count). The quantitative estimate of drug-likeness (QED) is 0.677. The first-order valence-corrected chi connectivity index (χ1v) is 9.94. The fraction of sp³-hybridized carbons (Fsp3) is 0.261. The summed E-state index contributed by atoms with van der Waals surface area (Å²) in [5.74, 6) is 0.177. The molecule has 1 aliphatic heterocycles. The maximum Gasteiger partial charge on any atom is 0.227 e. The third-order valence-corrected chi connectivity index (χ3v) is 5.13. The zero-order valence-electron chi connectivity index (χ0n) is 16.3. The molecule has 1 N–H and O–H groups in total. The lowest BCUT2D eigenvalue weighted by atomic mass is 10.1. The second kappa shape index (κ2) is 8.73. The molecule has 0 radical (unpaired) electrons. The lowest BCUT2D eigenvalue weighted by molar-refractivity contribution is -0.120. The van der Waals surface area contributed by atoms with Crippen LogP contribution in [-0.4, -0.2) is 34.7 Å². The van der Waals surface area contributed by atoms with E-state index >= 15 is 0 Å². The Morgan fingerprint density at radius 3 is 2.38 bits per heavy atom. The first-order chi connectivity index (χ1) is 14.2. The molecule has 0 saturated carbocycles. The number of carbonyl (C=O) groups excluding carboxylic acids is 2. The van der Waals surface area contributed by atoms with Crippen molar-refractivity contribution in [2.45, 2.75) is 25.7 Å². The molecule has 1 saturated heterocycles. The highest BCUT2D eigenvalue weighted by Crippen LogP contribution is 2.21. The van der Waals surface area contributed by atoms with Gasteiger partial charge in [-0.25, -0.2) is 4.68 Å². The lowest BCUT2D eigenvalue weighted by Crippen LogP contribution is -2.27. The highest BCUT2D eigenvalue weighted by molar-refractivity contribution is 5.95. The van der Waals surface area contributed by atoms with E-state index in [1.807, 2.05) is 58.2 Å². The molecular formula is C23H24N4O2. The number of anilines is 1. The van der Waals surface area contributed by atoms with Gasteiger partial charge in [0.2, 0.25) is 11.8 Å². The average molecular weight is 388 g/mol. The molecule has 0 spiro atoms. The summed E-state index contributed by atoms with van der Waals surface area (Å²) in [5, 5.41) is 7.19. The maximum absolute atomic E-state index is 12.2. The third kappa shape index (κ3) is 4.71. The predicted octanol–water partition coefficient (Wildman–Crippen LogP) is 2.90. The van der Waals surface area contributed by atoms with E-state index in [0.717, 1.165) is 36.3 Å². The molecule has 148 valence electrons. The van der Waals surface area contributed by atoms with Gasteiger partial charge in [0, 0.05) is 37.6 Å². The van der Waals surface area contributed by atoms with Gasteiger partial charge < -0.3 is 10.2 Å². The molecule has 29 heavy (non-hydrogen) atoms. The van der Waals surface area contributed by atoms with Crippen LogP contribution >= 0.6 is 0 Å². The normalized spacial score (nSPS) is 13.7. The standard InChI is InChI=1S/C23H24N4O2/c28-22(17-19-6-8-20(9-7-19)26-15-1-3-23(26)29)24-14-12-18-4-10-21(11-5-18)27-16-2-13-25-27/h2,4-11,13,16H,1,3,12,14-15,17H2,(H,24,28). The van der Waals surface area contributed by atoms with Crippen molar-refractivity contribution in [2.24, 2.45) is 0 Å². The molecule has 0 bridgehead atoms. The van der Waals surface area contributed by atoms with Crippen LogP contribution in [0.15, 0.2) is 67.0 Å². The Morgan fingerprint density at radius 1 is 1.00 bits per heavy atom. The van der Waals surface area contributed by atoms with Gasteiger partial charge >= 0.3 is 0 Å². The van der Waals surface area contributed by atoms with Gasteiger partial charge in [-0.3, -0.25) is 9.59 Å².